The van der Waals surface area contributed by atoms with Crippen LogP contribution in [0.4, 0.5) is 0 Å². The number of carbonyl (C=O) groups is 1. The Hall–Kier alpha value is -2.61. The number of carbonyl (C=O) groups excluding carboxylic acids is 1. The molecule has 0 saturated heterocycles. The first-order valence-electron chi connectivity index (χ1n) is 11.0. The molecule has 2 unspecified atom stereocenters. The predicted octanol–water partition coefficient (Wildman–Crippen LogP) is 1.96. The second-order valence-electron chi connectivity index (χ2n) is 9.00. The van der Waals surface area contributed by atoms with E-state index >= 15 is 0 Å². The smallest absolute Gasteiger partial charge is 0.259 e. The number of aromatic hydroxyl groups is 1. The normalized spacial score (nSPS) is 18.7. The molecule has 4 N–H and O–H groups in total. The number of benzene rings is 2. The van der Waals surface area contributed by atoms with Crippen molar-refractivity contribution >= 4 is 5.91 Å². The van der Waals surface area contributed by atoms with Gasteiger partial charge in [0.25, 0.3) is 5.91 Å². The molecule has 0 radical (unpaired) electrons. The molecule has 0 heterocycles. The lowest BCUT2D eigenvalue weighted by atomic mass is 9.79. The van der Waals surface area contributed by atoms with Gasteiger partial charge in [-0.1, -0.05) is 12.1 Å². The van der Waals surface area contributed by atoms with Gasteiger partial charge in [-0.05, 0) is 79.1 Å². The average molecular weight is 443 g/mol. The van der Waals surface area contributed by atoms with E-state index in [0.29, 0.717) is 29.8 Å². The maximum Gasteiger partial charge on any atom is 0.259 e. The number of β-amino-alcohol motifs (C(OH)–C–C–N with tert-alkyl or cyclic N) is 1. The van der Waals surface area contributed by atoms with Gasteiger partial charge in [-0.2, -0.15) is 0 Å². The second kappa shape index (κ2) is 10.3. The van der Waals surface area contributed by atoms with E-state index in [2.05, 4.69) is 18.3 Å². The van der Waals surface area contributed by atoms with E-state index in [1.165, 1.54) is 16.0 Å². The standard InChI is InChI=1S/C25H34N2O5/c1-25(26-15-23(30)18-5-7-22(29)19(12-18)9-11-28)10-8-17-4-6-21(13-20(17)14-25)32-16-24(31)27(2)3/h4-7,12-13,23,26,28-30H,8-11,14-16H2,1-3H3. The van der Waals surface area contributed by atoms with Gasteiger partial charge in [0, 0.05) is 32.8 Å². The fourth-order valence-corrected chi connectivity index (χ4v) is 4.04. The van der Waals surface area contributed by atoms with Crippen LogP contribution in [0, 0.1) is 0 Å². The molecular formula is C25H34N2O5. The lowest BCUT2D eigenvalue weighted by Gasteiger charge is -2.37. The van der Waals surface area contributed by atoms with Gasteiger partial charge in [-0.3, -0.25) is 4.79 Å². The van der Waals surface area contributed by atoms with Crippen LogP contribution in [0.15, 0.2) is 36.4 Å². The summed E-state index contributed by atoms with van der Waals surface area (Å²) < 4.78 is 5.67. The molecule has 174 valence electrons. The Morgan fingerprint density at radius 3 is 2.72 bits per heavy atom. The number of nitrogens with one attached hydrogen (secondary N) is 1. The van der Waals surface area contributed by atoms with E-state index < -0.39 is 6.10 Å². The summed E-state index contributed by atoms with van der Waals surface area (Å²) >= 11 is 0. The molecule has 32 heavy (non-hydrogen) atoms. The summed E-state index contributed by atoms with van der Waals surface area (Å²) in [5.41, 5.74) is 3.62. The van der Waals surface area contributed by atoms with E-state index in [9.17, 15) is 15.0 Å². The number of aliphatic hydroxyl groups excluding tert-OH is 2. The van der Waals surface area contributed by atoms with Crippen molar-refractivity contribution < 1.29 is 24.9 Å². The Kier molecular flexibility index (Phi) is 7.77. The van der Waals surface area contributed by atoms with Gasteiger partial charge in [0.2, 0.25) is 0 Å². The summed E-state index contributed by atoms with van der Waals surface area (Å²) in [6, 6.07) is 11.0. The van der Waals surface area contributed by atoms with Gasteiger partial charge in [-0.15, -0.1) is 0 Å². The highest BCUT2D eigenvalue weighted by molar-refractivity contribution is 5.77. The van der Waals surface area contributed by atoms with Gasteiger partial charge < -0.3 is 30.3 Å². The Balaban J connectivity index is 1.62. The SMILES string of the molecule is CN(C)C(=O)COc1ccc2c(c1)CC(C)(NCC(O)c1ccc(O)c(CCO)c1)CC2. The van der Waals surface area contributed by atoms with Gasteiger partial charge in [-0.25, -0.2) is 0 Å². The molecule has 0 saturated carbocycles. The van der Waals surface area contributed by atoms with Crippen LogP contribution in [-0.2, 0) is 24.1 Å². The number of hydrogen-bond donors (Lipinski definition) is 4. The van der Waals surface area contributed by atoms with Gasteiger partial charge in [0.05, 0.1) is 6.10 Å². The van der Waals surface area contributed by atoms with Gasteiger partial charge in [0.15, 0.2) is 6.61 Å². The van der Waals surface area contributed by atoms with Crippen molar-refractivity contribution in [2.45, 2.75) is 44.2 Å². The molecule has 2 aromatic rings. The number of fused-ring (bicyclic) bond motifs is 1. The first kappa shape index (κ1) is 24.0. The van der Waals surface area contributed by atoms with Crippen LogP contribution in [0.2, 0.25) is 0 Å². The van der Waals surface area contributed by atoms with Gasteiger partial charge >= 0.3 is 0 Å². The zero-order chi connectivity index (χ0) is 23.3. The molecule has 2 atom stereocenters. The summed E-state index contributed by atoms with van der Waals surface area (Å²) in [4.78, 5) is 13.3. The summed E-state index contributed by atoms with van der Waals surface area (Å²) in [5, 5.41) is 33.3. The largest absolute Gasteiger partial charge is 0.508 e. The number of rotatable bonds is 9. The number of phenols is 1. The number of aryl methyl sites for hydroxylation is 1. The molecule has 0 aliphatic heterocycles. The predicted molar refractivity (Wildman–Crippen MR) is 123 cm³/mol. The number of amides is 1. The van der Waals surface area contributed by atoms with Crippen LogP contribution < -0.4 is 10.1 Å². The minimum Gasteiger partial charge on any atom is -0.508 e. The van der Waals surface area contributed by atoms with E-state index in [0.717, 1.165) is 19.3 Å². The van der Waals surface area contributed by atoms with E-state index in [-0.39, 0.29) is 30.4 Å². The molecule has 7 heteroatoms. The number of hydrogen-bond acceptors (Lipinski definition) is 6. The van der Waals surface area contributed by atoms with E-state index in [1.54, 1.807) is 32.3 Å². The average Bonchev–Trinajstić information content (AvgIpc) is 2.77. The quantitative estimate of drug-likeness (QED) is 0.474. The van der Waals surface area contributed by atoms with Crippen LogP contribution in [0.1, 0.15) is 41.7 Å². The third-order valence-electron chi connectivity index (χ3n) is 6.16. The van der Waals surface area contributed by atoms with Crippen LogP contribution >= 0.6 is 0 Å². The van der Waals surface area contributed by atoms with Crippen molar-refractivity contribution in [3.05, 3.63) is 58.7 Å². The summed E-state index contributed by atoms with van der Waals surface area (Å²) in [5.74, 6) is 0.729. The van der Waals surface area contributed by atoms with Crippen LogP contribution in [0.3, 0.4) is 0 Å². The minimum atomic E-state index is -0.724. The third-order valence-corrected chi connectivity index (χ3v) is 6.16. The number of nitrogens with zero attached hydrogens (tertiary/aromatic N) is 1. The Morgan fingerprint density at radius 2 is 2.00 bits per heavy atom. The van der Waals surface area contributed by atoms with Crippen LogP contribution in [0.25, 0.3) is 0 Å². The minimum absolute atomic E-state index is 0.0123. The molecule has 0 bridgehead atoms. The first-order chi connectivity index (χ1) is 15.2. The number of phenolic OH excluding ortho intramolecular Hbond substituents is 1. The molecule has 0 spiro atoms. The van der Waals surface area contributed by atoms with Crippen molar-refractivity contribution in [3.63, 3.8) is 0 Å². The monoisotopic (exact) mass is 442 g/mol. The van der Waals surface area contributed by atoms with E-state index in [4.69, 9.17) is 9.84 Å². The van der Waals surface area contributed by atoms with Crippen molar-refractivity contribution in [2.24, 2.45) is 0 Å². The molecule has 1 aliphatic carbocycles. The molecule has 1 aliphatic rings. The topological polar surface area (TPSA) is 102 Å². The fraction of sp³-hybridized carbons (Fsp3) is 0.480. The third kappa shape index (κ3) is 6.00. The highest BCUT2D eigenvalue weighted by Crippen LogP contribution is 2.32. The number of ether oxygens (including phenoxy) is 1. The second-order valence-corrected chi connectivity index (χ2v) is 9.00. The molecule has 0 fully saturated rings. The maximum absolute atomic E-state index is 11.8. The maximum atomic E-state index is 11.8. The number of aliphatic hydroxyl groups is 2. The first-order valence-corrected chi connectivity index (χ1v) is 11.0. The molecular weight excluding hydrogens is 408 g/mol. The molecule has 3 rings (SSSR count). The Labute approximate surface area is 189 Å². The zero-order valence-electron chi connectivity index (χ0n) is 19.1. The highest BCUT2D eigenvalue weighted by Gasteiger charge is 2.30. The number of likely N-dealkylation sites (N-methyl/N-ethyl adjacent to an activating group) is 1. The summed E-state index contributed by atoms with van der Waals surface area (Å²) in [7, 11) is 3.41. The summed E-state index contributed by atoms with van der Waals surface area (Å²) in [6.45, 7) is 2.48. The highest BCUT2D eigenvalue weighted by atomic mass is 16.5. The Bertz CT molecular complexity index is 946. The molecule has 2 aromatic carbocycles. The van der Waals surface area contributed by atoms with Gasteiger partial charge in [0.1, 0.15) is 11.5 Å². The molecule has 0 aromatic heterocycles. The molecule has 1 amide bonds. The van der Waals surface area contributed by atoms with Crippen molar-refractivity contribution in [1.82, 2.24) is 10.2 Å². The lowest BCUT2D eigenvalue weighted by molar-refractivity contribution is -0.130. The Morgan fingerprint density at radius 1 is 1.22 bits per heavy atom. The van der Waals surface area contributed by atoms with Crippen molar-refractivity contribution in [2.75, 3.05) is 33.9 Å². The van der Waals surface area contributed by atoms with Crippen molar-refractivity contribution in [3.8, 4) is 11.5 Å². The lowest BCUT2D eigenvalue weighted by Crippen LogP contribution is -2.48. The van der Waals surface area contributed by atoms with Crippen LogP contribution in [0.5, 0.6) is 11.5 Å². The summed E-state index contributed by atoms with van der Waals surface area (Å²) in [6.07, 6.45) is 2.28. The van der Waals surface area contributed by atoms with E-state index in [1.807, 2.05) is 12.1 Å². The molecule has 7 nitrogen and oxygen atoms in total. The zero-order valence-corrected chi connectivity index (χ0v) is 19.1. The van der Waals surface area contributed by atoms with Crippen molar-refractivity contribution in [1.29, 1.82) is 0 Å². The van der Waals surface area contributed by atoms with Crippen LogP contribution in [-0.4, -0.2) is 65.5 Å². The fourth-order valence-electron chi connectivity index (χ4n) is 4.04.